The number of hydrogen-bond donors (Lipinski definition) is 1. The van der Waals surface area contributed by atoms with E-state index in [4.69, 9.17) is 4.52 Å². The van der Waals surface area contributed by atoms with Crippen molar-refractivity contribution in [3.63, 3.8) is 0 Å². The lowest BCUT2D eigenvalue weighted by Crippen LogP contribution is -2.11. The normalized spacial score (nSPS) is 10.3. The summed E-state index contributed by atoms with van der Waals surface area (Å²) in [6.07, 6.45) is 3.11. The lowest BCUT2D eigenvalue weighted by molar-refractivity contribution is 0.0987. The zero-order valence-corrected chi connectivity index (χ0v) is 10.1. The Bertz CT molecular complexity index is 494. The number of rotatable bonds is 2. The van der Waals surface area contributed by atoms with Gasteiger partial charge in [0.1, 0.15) is 0 Å². The van der Waals surface area contributed by atoms with Gasteiger partial charge >= 0.3 is 0 Å². The van der Waals surface area contributed by atoms with E-state index in [-0.39, 0.29) is 11.7 Å². The summed E-state index contributed by atoms with van der Waals surface area (Å²) in [5.74, 6) is -0.131. The summed E-state index contributed by atoms with van der Waals surface area (Å²) in [6.45, 7) is 1.75. The molecule has 0 saturated carbocycles. The topological polar surface area (TPSA) is 68.0 Å². The van der Waals surface area contributed by atoms with Crippen LogP contribution in [0.15, 0.2) is 20.7 Å². The molecule has 7 heteroatoms. The second kappa shape index (κ2) is 4.11. The van der Waals surface area contributed by atoms with Gasteiger partial charge < -0.3 is 4.52 Å². The summed E-state index contributed by atoms with van der Waals surface area (Å²) >= 11 is 4.58. The third kappa shape index (κ3) is 2.24. The third-order valence-electron chi connectivity index (χ3n) is 1.65. The first-order valence-electron chi connectivity index (χ1n) is 4.01. The monoisotopic (exact) mass is 287 g/mol. The van der Waals surface area contributed by atoms with E-state index >= 15 is 0 Å². The maximum atomic E-state index is 11.6. The van der Waals surface area contributed by atoms with E-state index in [0.717, 1.165) is 3.79 Å². The predicted octanol–water partition coefficient (Wildman–Crippen LogP) is 2.45. The molecule has 0 fully saturated rings. The minimum absolute atomic E-state index is 0.210. The molecule has 0 atom stereocenters. The van der Waals surface area contributed by atoms with E-state index in [1.807, 2.05) is 0 Å². The van der Waals surface area contributed by atoms with Crippen LogP contribution in [-0.4, -0.2) is 16.0 Å². The van der Waals surface area contributed by atoms with Gasteiger partial charge in [-0.3, -0.25) is 10.1 Å². The molecule has 0 radical (unpaired) electrons. The van der Waals surface area contributed by atoms with Crippen molar-refractivity contribution < 1.29 is 9.32 Å². The van der Waals surface area contributed by atoms with Crippen molar-refractivity contribution in [2.45, 2.75) is 6.92 Å². The number of carbonyl (C=O) groups is 1. The lowest BCUT2D eigenvalue weighted by atomic mass is 10.3. The molecule has 2 heterocycles. The zero-order valence-electron chi connectivity index (χ0n) is 7.65. The quantitative estimate of drug-likeness (QED) is 0.921. The van der Waals surface area contributed by atoms with Crippen molar-refractivity contribution in [2.75, 3.05) is 5.32 Å². The molecule has 0 unspecified atom stereocenters. The first kappa shape index (κ1) is 10.3. The highest BCUT2D eigenvalue weighted by Crippen LogP contribution is 2.23. The highest BCUT2D eigenvalue weighted by molar-refractivity contribution is 9.11. The van der Waals surface area contributed by atoms with Crippen molar-refractivity contribution in [1.29, 1.82) is 0 Å². The van der Waals surface area contributed by atoms with Gasteiger partial charge in [-0.25, -0.2) is 4.98 Å². The van der Waals surface area contributed by atoms with Crippen molar-refractivity contribution >= 4 is 38.3 Å². The van der Waals surface area contributed by atoms with Crippen LogP contribution in [0, 0.1) is 6.92 Å². The van der Waals surface area contributed by atoms with E-state index in [9.17, 15) is 4.79 Å². The van der Waals surface area contributed by atoms with Crippen LogP contribution in [-0.2, 0) is 0 Å². The van der Waals surface area contributed by atoms with Gasteiger partial charge in [0.05, 0.1) is 16.2 Å². The molecule has 0 aliphatic rings. The average Bonchev–Trinajstić information content (AvgIpc) is 2.75. The highest BCUT2D eigenvalue weighted by atomic mass is 79.9. The van der Waals surface area contributed by atoms with Crippen molar-refractivity contribution in [3.8, 4) is 0 Å². The van der Waals surface area contributed by atoms with Gasteiger partial charge in [-0.1, -0.05) is 16.5 Å². The summed E-state index contributed by atoms with van der Waals surface area (Å²) in [6, 6.07) is 0. The Morgan fingerprint density at radius 3 is 2.93 bits per heavy atom. The SMILES string of the molecule is Cc1cnoc1C(=O)Nc1ncc(Br)s1. The Morgan fingerprint density at radius 2 is 2.40 bits per heavy atom. The Hall–Kier alpha value is -1.21. The largest absolute Gasteiger partial charge is 0.351 e. The minimum atomic E-state index is -0.341. The maximum Gasteiger partial charge on any atom is 0.296 e. The molecule has 2 aromatic rings. The van der Waals surface area contributed by atoms with Crippen LogP contribution in [0.5, 0.6) is 0 Å². The summed E-state index contributed by atoms with van der Waals surface area (Å²) in [7, 11) is 0. The lowest BCUT2D eigenvalue weighted by Gasteiger charge is -1.97. The fraction of sp³-hybridized carbons (Fsp3) is 0.125. The molecule has 2 rings (SSSR count). The Morgan fingerprint density at radius 1 is 1.60 bits per heavy atom. The molecule has 0 bridgehead atoms. The zero-order chi connectivity index (χ0) is 10.8. The number of anilines is 1. The Kier molecular flexibility index (Phi) is 2.83. The molecule has 0 saturated heterocycles. The van der Waals surface area contributed by atoms with E-state index in [1.165, 1.54) is 17.5 Å². The van der Waals surface area contributed by atoms with Crippen LogP contribution in [0.25, 0.3) is 0 Å². The average molecular weight is 288 g/mol. The van der Waals surface area contributed by atoms with Gasteiger partial charge in [0.25, 0.3) is 5.91 Å². The first-order valence-corrected chi connectivity index (χ1v) is 5.61. The number of thiazole rings is 1. The van der Waals surface area contributed by atoms with Gasteiger partial charge in [-0.15, -0.1) is 0 Å². The molecule has 0 aliphatic heterocycles. The molecule has 0 aromatic carbocycles. The van der Waals surface area contributed by atoms with E-state index in [1.54, 1.807) is 13.1 Å². The number of nitrogens with one attached hydrogen (secondary N) is 1. The van der Waals surface area contributed by atoms with Crippen molar-refractivity contribution in [1.82, 2.24) is 10.1 Å². The number of hydrogen-bond acceptors (Lipinski definition) is 5. The number of amides is 1. The molecule has 15 heavy (non-hydrogen) atoms. The predicted molar refractivity (Wildman–Crippen MR) is 59.0 cm³/mol. The minimum Gasteiger partial charge on any atom is -0.351 e. The molecule has 1 amide bonds. The van der Waals surface area contributed by atoms with E-state index < -0.39 is 0 Å². The molecule has 5 nitrogen and oxygen atoms in total. The van der Waals surface area contributed by atoms with E-state index in [0.29, 0.717) is 10.7 Å². The summed E-state index contributed by atoms with van der Waals surface area (Å²) < 4.78 is 5.66. The van der Waals surface area contributed by atoms with Gasteiger partial charge in [0.15, 0.2) is 5.13 Å². The van der Waals surface area contributed by atoms with Crippen LogP contribution in [0.3, 0.4) is 0 Å². The Balaban J connectivity index is 2.14. The number of halogens is 1. The number of nitrogens with zero attached hydrogens (tertiary/aromatic N) is 2. The molecule has 2 aromatic heterocycles. The second-order valence-electron chi connectivity index (χ2n) is 2.76. The smallest absolute Gasteiger partial charge is 0.296 e. The van der Waals surface area contributed by atoms with Gasteiger partial charge in [-0.05, 0) is 22.9 Å². The molecule has 1 N–H and O–H groups in total. The number of aryl methyl sites for hydroxylation is 1. The second-order valence-corrected chi connectivity index (χ2v) is 5.17. The van der Waals surface area contributed by atoms with Crippen LogP contribution in [0.4, 0.5) is 5.13 Å². The summed E-state index contributed by atoms with van der Waals surface area (Å²) in [5.41, 5.74) is 0.697. The molecule has 0 aliphatic carbocycles. The molecule has 78 valence electrons. The fourth-order valence-electron chi connectivity index (χ4n) is 0.975. The van der Waals surface area contributed by atoms with Crippen LogP contribution in [0.2, 0.25) is 0 Å². The van der Waals surface area contributed by atoms with Gasteiger partial charge in [-0.2, -0.15) is 0 Å². The standard InChI is InChI=1S/C8H6BrN3O2S/c1-4-2-11-14-6(4)7(13)12-8-10-3-5(9)15-8/h2-3H,1H3,(H,10,12,13). The summed E-state index contributed by atoms with van der Waals surface area (Å²) in [5, 5.41) is 6.65. The van der Waals surface area contributed by atoms with Crippen LogP contribution < -0.4 is 5.32 Å². The Labute approximate surface area is 97.6 Å². The number of carbonyl (C=O) groups excluding carboxylic acids is 1. The highest BCUT2D eigenvalue weighted by Gasteiger charge is 2.15. The summed E-state index contributed by atoms with van der Waals surface area (Å²) in [4.78, 5) is 15.6. The van der Waals surface area contributed by atoms with Gasteiger partial charge in [0, 0.05) is 5.56 Å². The van der Waals surface area contributed by atoms with Crippen LogP contribution >= 0.6 is 27.3 Å². The first-order chi connectivity index (χ1) is 7.16. The van der Waals surface area contributed by atoms with Crippen molar-refractivity contribution in [2.24, 2.45) is 0 Å². The van der Waals surface area contributed by atoms with E-state index in [2.05, 4.69) is 31.4 Å². The third-order valence-corrected chi connectivity index (χ3v) is 3.04. The molecule has 0 spiro atoms. The fourth-order valence-corrected chi connectivity index (χ4v) is 2.08. The van der Waals surface area contributed by atoms with Gasteiger partial charge in [0.2, 0.25) is 5.76 Å². The molecular formula is C8H6BrN3O2S. The maximum absolute atomic E-state index is 11.6. The molecular weight excluding hydrogens is 282 g/mol. The van der Waals surface area contributed by atoms with Crippen molar-refractivity contribution in [3.05, 3.63) is 27.5 Å². The van der Waals surface area contributed by atoms with Crippen LogP contribution in [0.1, 0.15) is 16.1 Å². The number of aromatic nitrogens is 2.